The summed E-state index contributed by atoms with van der Waals surface area (Å²) in [5.41, 5.74) is 4.49. The van der Waals surface area contributed by atoms with E-state index >= 15 is 0 Å². The first-order chi connectivity index (χ1) is 13.7. The topological polar surface area (TPSA) is 79.6 Å². The van der Waals surface area contributed by atoms with E-state index in [2.05, 4.69) is 28.1 Å². The first kappa shape index (κ1) is 19.1. The summed E-state index contributed by atoms with van der Waals surface area (Å²) >= 11 is -1.26. The van der Waals surface area contributed by atoms with E-state index in [0.717, 1.165) is 23.1 Å². The lowest BCUT2D eigenvalue weighted by Crippen LogP contribution is -2.19. The van der Waals surface area contributed by atoms with Crippen LogP contribution in [0, 0.1) is 0 Å². The van der Waals surface area contributed by atoms with Crippen LogP contribution in [0.2, 0.25) is 0 Å². The summed E-state index contributed by atoms with van der Waals surface area (Å²) in [6.07, 6.45) is 4.84. The Morgan fingerprint density at radius 3 is 2.86 bits per heavy atom. The normalized spacial score (nSPS) is 14.6. The van der Waals surface area contributed by atoms with Crippen molar-refractivity contribution in [3.05, 3.63) is 53.1 Å². The van der Waals surface area contributed by atoms with Crippen LogP contribution in [0.25, 0.3) is 11.0 Å². The van der Waals surface area contributed by atoms with Gasteiger partial charge in [-0.25, -0.2) is 0 Å². The zero-order chi connectivity index (χ0) is 19.3. The van der Waals surface area contributed by atoms with Crippen molar-refractivity contribution in [2.45, 2.75) is 32.3 Å². The fourth-order valence-corrected chi connectivity index (χ4v) is 4.21. The molecule has 0 fully saturated rings. The molecule has 1 atom stereocenters. The summed E-state index contributed by atoms with van der Waals surface area (Å²) in [5, 5.41) is 4.78. The van der Waals surface area contributed by atoms with Crippen LogP contribution in [0.3, 0.4) is 0 Å². The zero-order valence-corrected chi connectivity index (χ0v) is 16.7. The van der Waals surface area contributed by atoms with E-state index in [9.17, 15) is 4.55 Å². The molecule has 0 aliphatic heterocycles. The van der Waals surface area contributed by atoms with E-state index in [4.69, 9.17) is 14.0 Å². The van der Waals surface area contributed by atoms with E-state index < -0.39 is 11.4 Å². The third-order valence-electron chi connectivity index (χ3n) is 4.95. The molecule has 6 nitrogen and oxygen atoms in total. The number of anilines is 1. The summed E-state index contributed by atoms with van der Waals surface area (Å²) in [7, 11) is 1.58. The van der Waals surface area contributed by atoms with Gasteiger partial charge in [-0.2, -0.15) is 4.72 Å². The summed E-state index contributed by atoms with van der Waals surface area (Å²) < 4.78 is 31.1. The van der Waals surface area contributed by atoms with Gasteiger partial charge in [-0.1, -0.05) is 17.3 Å². The van der Waals surface area contributed by atoms with Crippen molar-refractivity contribution in [2.75, 3.05) is 24.2 Å². The van der Waals surface area contributed by atoms with Crippen molar-refractivity contribution >= 4 is 28.1 Å². The van der Waals surface area contributed by atoms with Crippen molar-refractivity contribution in [1.82, 2.24) is 5.16 Å². The predicted octanol–water partition coefficient (Wildman–Crippen LogP) is 4.01. The minimum atomic E-state index is -1.26. The fourth-order valence-electron chi connectivity index (χ4n) is 3.43. The summed E-state index contributed by atoms with van der Waals surface area (Å²) in [5.74, 6) is 1.76. The molecular weight excluding hydrogens is 376 g/mol. The molecule has 4 rings (SSSR count). The lowest BCUT2D eigenvalue weighted by Gasteiger charge is -2.16. The number of benzene rings is 2. The highest BCUT2D eigenvalue weighted by Crippen LogP contribution is 2.27. The highest BCUT2D eigenvalue weighted by Gasteiger charge is 2.15. The molecule has 0 radical (unpaired) electrons. The summed E-state index contributed by atoms with van der Waals surface area (Å²) in [6.45, 7) is 0.873. The number of nitrogens with zero attached hydrogens (tertiary/aromatic N) is 1. The lowest BCUT2D eigenvalue weighted by atomic mass is 9.92. The van der Waals surface area contributed by atoms with Crippen LogP contribution < -0.4 is 9.46 Å². The van der Waals surface area contributed by atoms with Crippen molar-refractivity contribution in [3.8, 4) is 5.75 Å². The molecule has 3 aromatic rings. The minimum absolute atomic E-state index is 0.386. The number of hydrogen-bond acceptors (Lipinski definition) is 6. The number of fused-ring (bicyclic) bond motifs is 2. The number of hydrogen-bond donors (Lipinski definition) is 1. The van der Waals surface area contributed by atoms with Crippen LogP contribution in [0.5, 0.6) is 5.75 Å². The van der Waals surface area contributed by atoms with E-state index in [1.165, 1.54) is 30.4 Å². The van der Waals surface area contributed by atoms with Crippen molar-refractivity contribution in [1.29, 1.82) is 0 Å². The maximum atomic E-state index is 12.0. The standard InChI is InChI=1S/C21H24N2O4S/c1-25-10-11-28(24)23-21-19-9-6-15(12-20(19)27-22-21)14-26-18-8-7-16-4-2-3-5-17(16)13-18/h6-9,12-13H,2-5,10-11,14H2,1H3,(H,22,23). The second-order valence-electron chi connectivity index (χ2n) is 6.93. The Hall–Kier alpha value is -2.22. The van der Waals surface area contributed by atoms with Gasteiger partial charge in [0.1, 0.15) is 12.4 Å². The van der Waals surface area contributed by atoms with E-state index in [0.29, 0.717) is 30.4 Å². The van der Waals surface area contributed by atoms with Crippen LogP contribution in [-0.4, -0.2) is 29.2 Å². The first-order valence-corrected chi connectivity index (χ1v) is 10.8. The van der Waals surface area contributed by atoms with Crippen molar-refractivity contribution in [3.63, 3.8) is 0 Å². The third kappa shape index (κ3) is 4.43. The van der Waals surface area contributed by atoms with E-state index in [1.54, 1.807) is 7.11 Å². The second-order valence-corrected chi connectivity index (χ2v) is 8.24. The van der Waals surface area contributed by atoms with Gasteiger partial charge in [0.15, 0.2) is 11.3 Å². The number of ether oxygens (including phenoxy) is 2. The maximum Gasteiger partial charge on any atom is 0.220 e. The van der Waals surface area contributed by atoms with E-state index in [-0.39, 0.29) is 0 Å². The molecule has 28 heavy (non-hydrogen) atoms. The van der Waals surface area contributed by atoms with Gasteiger partial charge in [-0.05, 0) is 66.6 Å². The number of methoxy groups -OCH3 is 1. The molecule has 1 unspecified atom stereocenters. The minimum Gasteiger partial charge on any atom is -0.593 e. The van der Waals surface area contributed by atoms with Crippen LogP contribution >= 0.6 is 0 Å². The highest BCUT2D eigenvalue weighted by atomic mass is 32.2. The molecule has 1 aromatic heterocycles. The third-order valence-corrected chi connectivity index (χ3v) is 5.90. The SMILES string of the molecule is COCC[S+]([O-])Nc1noc2cc(COc3ccc4c(c3)CCCC4)ccc12. The Balaban J connectivity index is 1.41. The largest absolute Gasteiger partial charge is 0.593 e. The van der Waals surface area contributed by atoms with Gasteiger partial charge in [0.25, 0.3) is 0 Å². The monoisotopic (exact) mass is 400 g/mol. The van der Waals surface area contributed by atoms with Gasteiger partial charge in [-0.3, -0.25) is 0 Å². The van der Waals surface area contributed by atoms with Gasteiger partial charge < -0.3 is 18.5 Å². The van der Waals surface area contributed by atoms with E-state index in [1.807, 2.05) is 18.2 Å². The summed E-state index contributed by atoms with van der Waals surface area (Å²) in [6, 6.07) is 12.2. The Kier molecular flexibility index (Phi) is 6.04. The number of nitrogens with one attached hydrogen (secondary N) is 1. The molecule has 0 saturated heterocycles. The Morgan fingerprint density at radius 1 is 1.14 bits per heavy atom. The number of aromatic nitrogens is 1. The molecule has 0 saturated carbocycles. The highest BCUT2D eigenvalue weighted by molar-refractivity contribution is 7.92. The molecule has 0 spiro atoms. The van der Waals surface area contributed by atoms with Gasteiger partial charge in [0.2, 0.25) is 5.82 Å². The Morgan fingerprint density at radius 2 is 2.00 bits per heavy atom. The smallest absolute Gasteiger partial charge is 0.220 e. The first-order valence-electron chi connectivity index (χ1n) is 9.50. The summed E-state index contributed by atoms with van der Waals surface area (Å²) in [4.78, 5) is 0. The van der Waals surface area contributed by atoms with Crippen molar-refractivity contribution < 1.29 is 18.5 Å². The van der Waals surface area contributed by atoms with Crippen molar-refractivity contribution in [2.24, 2.45) is 0 Å². The molecule has 148 valence electrons. The zero-order valence-electron chi connectivity index (χ0n) is 15.9. The molecule has 0 amide bonds. The van der Waals surface area contributed by atoms with Crippen LogP contribution in [0.4, 0.5) is 5.82 Å². The molecule has 0 bridgehead atoms. The van der Waals surface area contributed by atoms with Crippen LogP contribution in [0.1, 0.15) is 29.5 Å². The average molecular weight is 401 g/mol. The van der Waals surface area contributed by atoms with Gasteiger partial charge >= 0.3 is 0 Å². The molecule has 7 heteroatoms. The van der Waals surface area contributed by atoms with Gasteiger partial charge in [0, 0.05) is 7.11 Å². The molecule has 1 N–H and O–H groups in total. The molecule has 1 heterocycles. The molecular formula is C21H24N2O4S. The quantitative estimate of drug-likeness (QED) is 0.576. The fraction of sp³-hybridized carbons (Fsp3) is 0.381. The van der Waals surface area contributed by atoms with Crippen LogP contribution in [-0.2, 0) is 35.5 Å². The van der Waals surface area contributed by atoms with Crippen LogP contribution in [0.15, 0.2) is 40.9 Å². The predicted molar refractivity (Wildman–Crippen MR) is 110 cm³/mol. The van der Waals surface area contributed by atoms with Gasteiger partial charge in [-0.15, -0.1) is 0 Å². The van der Waals surface area contributed by atoms with Gasteiger partial charge in [0.05, 0.1) is 23.4 Å². The number of rotatable bonds is 8. The lowest BCUT2D eigenvalue weighted by molar-refractivity contribution is 0.217. The molecule has 1 aliphatic rings. The average Bonchev–Trinajstić information content (AvgIpc) is 3.12. The molecule has 2 aromatic carbocycles. The Bertz CT molecular complexity index is 943. The molecule has 1 aliphatic carbocycles. The maximum absolute atomic E-state index is 12.0. The Labute approximate surface area is 167 Å². The second kappa shape index (κ2) is 8.86. The number of aryl methyl sites for hydroxylation is 2.